The average molecular weight is 436 g/mol. The topological polar surface area (TPSA) is 71.5 Å². The van der Waals surface area contributed by atoms with Gasteiger partial charge in [-0.05, 0) is 30.2 Å². The van der Waals surface area contributed by atoms with Crippen LogP contribution in [0.2, 0.25) is 0 Å². The molecule has 2 heterocycles. The fourth-order valence-electron chi connectivity index (χ4n) is 3.43. The van der Waals surface area contributed by atoms with Crippen molar-refractivity contribution < 1.29 is 14.3 Å². The molecule has 1 aromatic heterocycles. The number of hydrogen-bond donors (Lipinski definition) is 1. The number of rotatable bonds is 8. The van der Waals surface area contributed by atoms with Crippen LogP contribution in [0.15, 0.2) is 53.9 Å². The lowest BCUT2D eigenvalue weighted by Gasteiger charge is -2.29. The van der Waals surface area contributed by atoms with Crippen molar-refractivity contribution in [1.29, 1.82) is 0 Å². The van der Waals surface area contributed by atoms with E-state index in [0.29, 0.717) is 18.0 Å². The first-order valence-electron chi connectivity index (χ1n) is 10.5. The van der Waals surface area contributed by atoms with Crippen molar-refractivity contribution in [2.75, 3.05) is 24.6 Å². The van der Waals surface area contributed by atoms with Crippen molar-refractivity contribution in [2.24, 2.45) is 0 Å². The van der Waals surface area contributed by atoms with Gasteiger partial charge in [0, 0.05) is 23.9 Å². The zero-order valence-electron chi connectivity index (χ0n) is 17.5. The maximum absolute atomic E-state index is 12.5. The van der Waals surface area contributed by atoms with Crippen LogP contribution in [0.5, 0.6) is 5.75 Å². The molecule has 0 unspecified atom stereocenters. The SMILES string of the molecule is CCCCNC(=O)CN1C(=O)COc2ccc(-c3csc(Cc4ccccc4)n3)cc21. The van der Waals surface area contributed by atoms with E-state index < -0.39 is 0 Å². The second kappa shape index (κ2) is 9.75. The van der Waals surface area contributed by atoms with E-state index in [1.54, 1.807) is 11.3 Å². The van der Waals surface area contributed by atoms with Gasteiger partial charge in [0.25, 0.3) is 5.91 Å². The standard InChI is InChI=1S/C24H25N3O3S/c1-2-3-11-25-22(28)14-27-20-13-18(9-10-21(20)30-15-24(27)29)19-16-31-23(26-19)12-17-7-5-4-6-8-17/h4-10,13,16H,2-3,11-12,14-15H2,1H3,(H,25,28). The summed E-state index contributed by atoms with van der Waals surface area (Å²) < 4.78 is 5.58. The Labute approximate surface area is 185 Å². The third-order valence-corrected chi connectivity index (χ3v) is 5.95. The second-order valence-corrected chi connectivity index (χ2v) is 8.39. The van der Waals surface area contributed by atoms with E-state index in [2.05, 4.69) is 24.4 Å². The van der Waals surface area contributed by atoms with Crippen LogP contribution in [0.25, 0.3) is 11.3 Å². The van der Waals surface area contributed by atoms with E-state index in [1.807, 2.05) is 41.8 Å². The Morgan fingerprint density at radius 2 is 2.06 bits per heavy atom. The van der Waals surface area contributed by atoms with Gasteiger partial charge < -0.3 is 10.1 Å². The highest BCUT2D eigenvalue weighted by Gasteiger charge is 2.28. The highest BCUT2D eigenvalue weighted by atomic mass is 32.1. The molecule has 0 bridgehead atoms. The van der Waals surface area contributed by atoms with Gasteiger partial charge in [-0.3, -0.25) is 14.5 Å². The largest absolute Gasteiger partial charge is 0.482 e. The molecule has 0 spiro atoms. The molecule has 4 rings (SSSR count). The third kappa shape index (κ3) is 5.11. The maximum atomic E-state index is 12.5. The van der Waals surface area contributed by atoms with Gasteiger partial charge in [0.05, 0.1) is 16.4 Å². The average Bonchev–Trinajstić information content (AvgIpc) is 3.25. The van der Waals surface area contributed by atoms with Crippen molar-refractivity contribution in [1.82, 2.24) is 10.3 Å². The molecule has 0 aliphatic carbocycles. The number of ether oxygens (including phenoxy) is 1. The molecule has 0 radical (unpaired) electrons. The van der Waals surface area contributed by atoms with E-state index in [4.69, 9.17) is 9.72 Å². The minimum absolute atomic E-state index is 0.0152. The first-order valence-corrected chi connectivity index (χ1v) is 11.3. The lowest BCUT2D eigenvalue weighted by Crippen LogP contribution is -2.45. The number of anilines is 1. The number of carbonyl (C=O) groups excluding carboxylic acids is 2. The number of fused-ring (bicyclic) bond motifs is 1. The number of unbranched alkanes of at least 4 members (excludes halogenated alkanes) is 1. The van der Waals surface area contributed by atoms with Crippen molar-refractivity contribution in [2.45, 2.75) is 26.2 Å². The second-order valence-electron chi connectivity index (χ2n) is 7.44. The number of hydrogen-bond acceptors (Lipinski definition) is 5. The fourth-order valence-corrected chi connectivity index (χ4v) is 4.27. The molecular formula is C24H25N3O3S. The summed E-state index contributed by atoms with van der Waals surface area (Å²) in [6, 6.07) is 15.9. The van der Waals surface area contributed by atoms with E-state index >= 15 is 0 Å². The fraction of sp³-hybridized carbons (Fsp3) is 0.292. The van der Waals surface area contributed by atoms with E-state index in [0.717, 1.165) is 35.5 Å². The quantitative estimate of drug-likeness (QED) is 0.542. The van der Waals surface area contributed by atoms with Gasteiger partial charge in [-0.15, -0.1) is 11.3 Å². The van der Waals surface area contributed by atoms with Gasteiger partial charge in [0.1, 0.15) is 12.3 Å². The summed E-state index contributed by atoms with van der Waals surface area (Å²) >= 11 is 1.61. The van der Waals surface area contributed by atoms with Crippen LogP contribution in [0.1, 0.15) is 30.3 Å². The molecule has 1 N–H and O–H groups in total. The number of amides is 2. The lowest BCUT2D eigenvalue weighted by atomic mass is 10.1. The van der Waals surface area contributed by atoms with Crippen LogP contribution in [0, 0.1) is 0 Å². The van der Waals surface area contributed by atoms with Gasteiger partial charge in [-0.25, -0.2) is 4.98 Å². The highest BCUT2D eigenvalue weighted by Crippen LogP contribution is 2.36. The van der Waals surface area contributed by atoms with Crippen LogP contribution in [0.3, 0.4) is 0 Å². The Kier molecular flexibility index (Phi) is 6.62. The van der Waals surface area contributed by atoms with Crippen molar-refractivity contribution in [3.63, 3.8) is 0 Å². The number of carbonyl (C=O) groups is 2. The first-order chi connectivity index (χ1) is 15.1. The maximum Gasteiger partial charge on any atom is 0.265 e. The van der Waals surface area contributed by atoms with Gasteiger partial charge in [-0.2, -0.15) is 0 Å². The molecule has 0 atom stereocenters. The molecule has 2 aromatic carbocycles. The normalized spacial score (nSPS) is 12.9. The van der Waals surface area contributed by atoms with Crippen LogP contribution < -0.4 is 15.0 Å². The Bertz CT molecular complexity index is 1060. The monoisotopic (exact) mass is 435 g/mol. The Morgan fingerprint density at radius 3 is 2.87 bits per heavy atom. The number of thiazole rings is 1. The number of nitrogens with zero attached hydrogens (tertiary/aromatic N) is 2. The molecule has 0 fully saturated rings. The smallest absolute Gasteiger partial charge is 0.265 e. The summed E-state index contributed by atoms with van der Waals surface area (Å²) in [5.41, 5.74) is 3.57. The van der Waals surface area contributed by atoms with Gasteiger partial charge in [-0.1, -0.05) is 43.7 Å². The Balaban J connectivity index is 1.53. The van der Waals surface area contributed by atoms with E-state index in [1.165, 1.54) is 10.5 Å². The molecule has 1 aliphatic heterocycles. The molecule has 160 valence electrons. The molecule has 0 saturated heterocycles. The van der Waals surface area contributed by atoms with E-state index in [9.17, 15) is 9.59 Å². The number of nitrogens with one attached hydrogen (secondary N) is 1. The zero-order chi connectivity index (χ0) is 21.6. The molecule has 0 saturated carbocycles. The summed E-state index contributed by atoms with van der Waals surface area (Å²) in [4.78, 5) is 31.1. The summed E-state index contributed by atoms with van der Waals surface area (Å²) in [7, 11) is 0. The predicted molar refractivity (Wildman–Crippen MR) is 123 cm³/mol. The molecule has 3 aromatic rings. The Hall–Kier alpha value is -3.19. The first kappa shape index (κ1) is 21.1. The Morgan fingerprint density at radius 1 is 1.23 bits per heavy atom. The van der Waals surface area contributed by atoms with Crippen LogP contribution in [0.4, 0.5) is 5.69 Å². The van der Waals surface area contributed by atoms with E-state index in [-0.39, 0.29) is 25.0 Å². The predicted octanol–water partition coefficient (Wildman–Crippen LogP) is 4.04. The highest BCUT2D eigenvalue weighted by molar-refractivity contribution is 7.10. The molecule has 2 amide bonds. The number of aromatic nitrogens is 1. The molecule has 7 heteroatoms. The zero-order valence-corrected chi connectivity index (χ0v) is 18.3. The van der Waals surface area contributed by atoms with Crippen molar-refractivity contribution in [3.05, 3.63) is 64.5 Å². The van der Waals surface area contributed by atoms with Crippen LogP contribution in [-0.4, -0.2) is 36.5 Å². The van der Waals surface area contributed by atoms with Crippen LogP contribution in [-0.2, 0) is 16.0 Å². The lowest BCUT2D eigenvalue weighted by molar-refractivity contribution is -0.125. The summed E-state index contributed by atoms with van der Waals surface area (Å²) in [6.07, 6.45) is 2.70. The third-order valence-electron chi connectivity index (χ3n) is 5.10. The van der Waals surface area contributed by atoms with Crippen molar-refractivity contribution >= 4 is 28.8 Å². The molecule has 1 aliphatic rings. The molecular weight excluding hydrogens is 410 g/mol. The van der Waals surface area contributed by atoms with Gasteiger partial charge in [0.15, 0.2) is 6.61 Å². The van der Waals surface area contributed by atoms with Crippen molar-refractivity contribution in [3.8, 4) is 17.0 Å². The van der Waals surface area contributed by atoms with Gasteiger partial charge >= 0.3 is 0 Å². The summed E-state index contributed by atoms with van der Waals surface area (Å²) in [5, 5.41) is 5.92. The van der Waals surface area contributed by atoms with Crippen LogP contribution >= 0.6 is 11.3 Å². The minimum Gasteiger partial charge on any atom is -0.482 e. The molecule has 6 nitrogen and oxygen atoms in total. The minimum atomic E-state index is -0.224. The van der Waals surface area contributed by atoms with Gasteiger partial charge in [0.2, 0.25) is 5.91 Å². The summed E-state index contributed by atoms with van der Waals surface area (Å²) in [6.45, 7) is 2.61. The molecule has 31 heavy (non-hydrogen) atoms. The summed E-state index contributed by atoms with van der Waals surface area (Å²) in [5.74, 6) is 0.210. The number of benzene rings is 2.